The van der Waals surface area contributed by atoms with E-state index < -0.39 is 64.8 Å². The molecule has 1 aliphatic rings. The van der Waals surface area contributed by atoms with Crippen LogP contribution in [0, 0.1) is 29.3 Å². The molecule has 3 rings (SSSR count). The monoisotopic (exact) mass is 548 g/mol. The Balaban J connectivity index is 1.72. The second kappa shape index (κ2) is 10.9. The van der Waals surface area contributed by atoms with Crippen LogP contribution in [-0.2, 0) is 6.11 Å². The zero-order chi connectivity index (χ0) is 27.6. The summed E-state index contributed by atoms with van der Waals surface area (Å²) in [6, 6.07) is 1.26. The first kappa shape index (κ1) is 28.7. The normalized spacial score (nSPS) is 19.0. The van der Waals surface area contributed by atoms with E-state index in [2.05, 4.69) is 14.2 Å². The summed E-state index contributed by atoms with van der Waals surface area (Å²) in [6.45, 7) is 2.00. The fourth-order valence-corrected chi connectivity index (χ4v) is 4.24. The van der Waals surface area contributed by atoms with E-state index in [1.165, 1.54) is 0 Å². The molecule has 0 aliphatic heterocycles. The van der Waals surface area contributed by atoms with Crippen molar-refractivity contribution in [1.29, 1.82) is 0 Å². The van der Waals surface area contributed by atoms with Crippen molar-refractivity contribution in [2.75, 3.05) is 0 Å². The second-order valence-electron chi connectivity index (χ2n) is 8.69. The highest BCUT2D eigenvalue weighted by Gasteiger charge is 2.45. The zero-order valence-corrected chi connectivity index (χ0v) is 19.3. The lowest BCUT2D eigenvalue weighted by Gasteiger charge is -2.33. The molecule has 1 aliphatic carbocycles. The summed E-state index contributed by atoms with van der Waals surface area (Å²) in [7, 11) is 0. The molecule has 3 nitrogen and oxygen atoms in total. The van der Waals surface area contributed by atoms with E-state index in [4.69, 9.17) is 0 Å². The van der Waals surface area contributed by atoms with Crippen molar-refractivity contribution in [1.82, 2.24) is 0 Å². The maximum absolute atomic E-state index is 14.6. The second-order valence-corrected chi connectivity index (χ2v) is 8.69. The van der Waals surface area contributed by atoms with Gasteiger partial charge in [0.1, 0.15) is 22.9 Å². The number of hydrogen-bond acceptors (Lipinski definition) is 3. The molecule has 0 heterocycles. The van der Waals surface area contributed by atoms with Gasteiger partial charge in [-0.2, -0.15) is 17.6 Å². The summed E-state index contributed by atoms with van der Waals surface area (Å²) >= 11 is 0. The van der Waals surface area contributed by atoms with E-state index in [9.17, 15) is 43.9 Å². The van der Waals surface area contributed by atoms with E-state index in [0.717, 1.165) is 12.8 Å². The van der Waals surface area contributed by atoms with Gasteiger partial charge in [0.05, 0.1) is 5.92 Å². The van der Waals surface area contributed by atoms with Gasteiger partial charge in [0.2, 0.25) is 5.75 Å². The molecule has 0 bridgehead atoms. The minimum atomic E-state index is -5.47. The summed E-state index contributed by atoms with van der Waals surface area (Å²) in [6.07, 6.45) is -10.4. The van der Waals surface area contributed by atoms with Gasteiger partial charge in [0.15, 0.2) is 11.6 Å². The highest BCUT2D eigenvalue weighted by Crippen LogP contribution is 2.42. The van der Waals surface area contributed by atoms with Crippen LogP contribution in [0.2, 0.25) is 0 Å². The number of alkyl halides is 7. The highest BCUT2D eigenvalue weighted by atomic mass is 19.4. The standard InChI is InChI=1S/C24H22F10O3/c1-2-3-13-4-6-14(7-5-13)22(28,29)35-15-8-9-17(18(25)10-15)23(30,31)36-16-11-19(26)21(20(27)12-16)37-24(32,33)34/h8-14H,2-7H2,1H3. The Hall–Kier alpha value is -2.86. The van der Waals surface area contributed by atoms with Crippen LogP contribution in [0.1, 0.15) is 51.0 Å². The molecular formula is C24H22F10O3. The maximum atomic E-state index is 14.6. The van der Waals surface area contributed by atoms with Crippen molar-refractivity contribution >= 4 is 0 Å². The van der Waals surface area contributed by atoms with Crippen molar-refractivity contribution < 1.29 is 58.1 Å². The molecule has 0 amide bonds. The Bertz CT molecular complexity index is 1060. The molecule has 0 spiro atoms. The molecular weight excluding hydrogens is 526 g/mol. The van der Waals surface area contributed by atoms with E-state index in [-0.39, 0.29) is 31.0 Å². The molecule has 206 valence electrons. The Morgan fingerprint density at radius 2 is 1.30 bits per heavy atom. The van der Waals surface area contributed by atoms with Gasteiger partial charge in [0, 0.05) is 18.2 Å². The van der Waals surface area contributed by atoms with Crippen LogP contribution in [0.15, 0.2) is 30.3 Å². The molecule has 0 unspecified atom stereocenters. The lowest BCUT2D eigenvalue weighted by Crippen LogP contribution is -2.37. The predicted octanol–water partition coefficient (Wildman–Crippen LogP) is 8.71. The van der Waals surface area contributed by atoms with Gasteiger partial charge in [-0.15, -0.1) is 13.2 Å². The Morgan fingerprint density at radius 1 is 0.730 bits per heavy atom. The van der Waals surface area contributed by atoms with Crippen molar-refractivity contribution in [2.45, 2.75) is 64.0 Å². The van der Waals surface area contributed by atoms with E-state index in [1.54, 1.807) is 0 Å². The average molecular weight is 548 g/mol. The topological polar surface area (TPSA) is 27.7 Å². The van der Waals surface area contributed by atoms with Gasteiger partial charge in [-0.25, -0.2) is 13.2 Å². The summed E-state index contributed by atoms with van der Waals surface area (Å²) in [4.78, 5) is 0. The van der Waals surface area contributed by atoms with Gasteiger partial charge < -0.3 is 14.2 Å². The van der Waals surface area contributed by atoms with Crippen LogP contribution in [0.4, 0.5) is 43.9 Å². The Morgan fingerprint density at radius 3 is 1.81 bits per heavy atom. The van der Waals surface area contributed by atoms with Crippen molar-refractivity contribution in [3.63, 3.8) is 0 Å². The number of ether oxygens (including phenoxy) is 3. The summed E-state index contributed by atoms with van der Waals surface area (Å²) in [5.74, 6) is -10.5. The first-order valence-electron chi connectivity index (χ1n) is 11.3. The quantitative estimate of drug-likeness (QED) is 0.294. The van der Waals surface area contributed by atoms with Gasteiger partial charge in [-0.3, -0.25) is 0 Å². The van der Waals surface area contributed by atoms with E-state index in [0.29, 0.717) is 30.9 Å². The molecule has 1 fully saturated rings. The first-order chi connectivity index (χ1) is 17.1. The summed E-state index contributed by atoms with van der Waals surface area (Å²) in [5, 5.41) is 0. The SMILES string of the molecule is CCCC1CCC(C(F)(F)Oc2ccc(C(F)(F)Oc3cc(F)c(OC(F)(F)F)c(F)c3)c(F)c2)CC1. The smallest absolute Gasteiger partial charge is 0.432 e. The molecule has 0 aromatic heterocycles. The lowest BCUT2D eigenvalue weighted by molar-refractivity contribution is -0.276. The summed E-state index contributed by atoms with van der Waals surface area (Å²) < 4.78 is 149. The van der Waals surface area contributed by atoms with Crippen molar-refractivity contribution in [3.8, 4) is 17.2 Å². The van der Waals surface area contributed by atoms with Gasteiger partial charge in [0.25, 0.3) is 0 Å². The first-order valence-corrected chi connectivity index (χ1v) is 11.3. The fourth-order valence-electron chi connectivity index (χ4n) is 4.24. The number of halogens is 10. The van der Waals surface area contributed by atoms with Crippen LogP contribution < -0.4 is 14.2 Å². The predicted molar refractivity (Wildman–Crippen MR) is 110 cm³/mol. The molecule has 0 radical (unpaired) electrons. The van der Waals surface area contributed by atoms with Crippen LogP contribution in [0.3, 0.4) is 0 Å². The minimum absolute atomic E-state index is 0.0246. The molecule has 0 saturated heterocycles. The number of rotatable bonds is 9. The third-order valence-electron chi connectivity index (χ3n) is 5.96. The maximum Gasteiger partial charge on any atom is 0.573 e. The van der Waals surface area contributed by atoms with Crippen molar-refractivity contribution in [2.24, 2.45) is 11.8 Å². The molecule has 37 heavy (non-hydrogen) atoms. The average Bonchev–Trinajstić information content (AvgIpc) is 2.75. The van der Waals surface area contributed by atoms with Crippen LogP contribution in [-0.4, -0.2) is 12.5 Å². The molecule has 1 saturated carbocycles. The molecule has 2 aromatic carbocycles. The number of hydrogen-bond donors (Lipinski definition) is 0. The Labute approximate surface area is 205 Å². The third kappa shape index (κ3) is 7.35. The Kier molecular flexibility index (Phi) is 8.43. The van der Waals surface area contributed by atoms with Gasteiger partial charge in [-0.1, -0.05) is 19.8 Å². The van der Waals surface area contributed by atoms with E-state index in [1.807, 2.05) is 6.92 Å². The molecule has 0 N–H and O–H groups in total. The number of benzene rings is 2. The largest absolute Gasteiger partial charge is 0.573 e. The van der Waals surface area contributed by atoms with Gasteiger partial charge in [-0.05, 0) is 43.7 Å². The lowest BCUT2D eigenvalue weighted by atomic mass is 9.79. The van der Waals surface area contributed by atoms with Gasteiger partial charge >= 0.3 is 18.6 Å². The fraction of sp³-hybridized carbons (Fsp3) is 0.500. The highest BCUT2D eigenvalue weighted by molar-refractivity contribution is 5.36. The zero-order valence-electron chi connectivity index (χ0n) is 19.3. The van der Waals surface area contributed by atoms with Crippen molar-refractivity contribution in [3.05, 3.63) is 53.3 Å². The molecule has 2 aromatic rings. The van der Waals surface area contributed by atoms with Crippen LogP contribution >= 0.6 is 0 Å². The van der Waals surface area contributed by atoms with Crippen LogP contribution in [0.5, 0.6) is 17.2 Å². The minimum Gasteiger partial charge on any atom is -0.432 e. The van der Waals surface area contributed by atoms with Crippen LogP contribution in [0.25, 0.3) is 0 Å². The molecule has 13 heteroatoms. The van der Waals surface area contributed by atoms with E-state index >= 15 is 0 Å². The molecule has 0 atom stereocenters. The third-order valence-corrected chi connectivity index (χ3v) is 5.96. The summed E-state index contributed by atoms with van der Waals surface area (Å²) in [5.41, 5.74) is -1.50.